The third-order valence-electron chi connectivity index (χ3n) is 4.24. The van der Waals surface area contributed by atoms with Gasteiger partial charge >= 0.3 is 11.9 Å². The topological polar surface area (TPSA) is 52.6 Å². The molecule has 0 aromatic rings. The van der Waals surface area contributed by atoms with Crippen LogP contribution in [-0.4, -0.2) is 36.4 Å². The Morgan fingerprint density at radius 3 is 2.35 bits per heavy atom. The molecule has 6 heteroatoms. The van der Waals surface area contributed by atoms with Gasteiger partial charge in [-0.15, -0.1) is 23.2 Å². The van der Waals surface area contributed by atoms with Crippen molar-refractivity contribution in [2.24, 2.45) is 29.1 Å². The highest BCUT2D eigenvalue weighted by molar-refractivity contribution is 6.19. The first-order chi connectivity index (χ1) is 9.31. The molecule has 0 aromatic heterocycles. The van der Waals surface area contributed by atoms with Gasteiger partial charge in [0.15, 0.2) is 0 Å². The highest BCUT2D eigenvalue weighted by atomic mass is 35.5. The molecule has 2 rings (SSSR count). The summed E-state index contributed by atoms with van der Waals surface area (Å²) in [5.74, 6) is 0.387. The van der Waals surface area contributed by atoms with E-state index in [0.717, 1.165) is 0 Å². The lowest BCUT2D eigenvalue weighted by molar-refractivity contribution is -0.160. The number of hydrogen-bond acceptors (Lipinski definition) is 4. The van der Waals surface area contributed by atoms with E-state index in [1.165, 1.54) is 0 Å². The van der Waals surface area contributed by atoms with Gasteiger partial charge in [0.1, 0.15) is 12.7 Å². The Labute approximate surface area is 129 Å². The first-order valence-corrected chi connectivity index (χ1v) is 7.87. The molecule has 2 fully saturated rings. The fraction of sp³-hybridized carbons (Fsp3) is 0.857. The highest BCUT2D eigenvalue weighted by Crippen LogP contribution is 2.54. The number of alkyl halides is 2. The fourth-order valence-electron chi connectivity index (χ4n) is 3.05. The fourth-order valence-corrected chi connectivity index (χ4v) is 3.91. The summed E-state index contributed by atoms with van der Waals surface area (Å²) in [4.78, 5) is 23.6. The van der Waals surface area contributed by atoms with Crippen molar-refractivity contribution in [3.63, 3.8) is 0 Å². The van der Waals surface area contributed by atoms with Gasteiger partial charge < -0.3 is 9.47 Å². The molecule has 1 saturated heterocycles. The highest BCUT2D eigenvalue weighted by Gasteiger charge is 2.62. The molecular weight excluding hydrogens is 303 g/mol. The summed E-state index contributed by atoms with van der Waals surface area (Å²) in [6.45, 7) is 5.46. The lowest BCUT2D eigenvalue weighted by Crippen LogP contribution is -2.52. The van der Waals surface area contributed by atoms with Crippen LogP contribution in [-0.2, 0) is 19.1 Å². The van der Waals surface area contributed by atoms with Crippen LogP contribution in [0.1, 0.15) is 20.8 Å². The zero-order valence-corrected chi connectivity index (χ0v) is 13.4. The summed E-state index contributed by atoms with van der Waals surface area (Å²) >= 11 is 11.9. The van der Waals surface area contributed by atoms with Gasteiger partial charge in [-0.2, -0.15) is 0 Å². The summed E-state index contributed by atoms with van der Waals surface area (Å²) in [5, 5.41) is 0. The van der Waals surface area contributed by atoms with E-state index in [4.69, 9.17) is 32.7 Å². The second kappa shape index (κ2) is 5.72. The van der Waals surface area contributed by atoms with Crippen molar-refractivity contribution >= 4 is 35.1 Å². The maximum atomic E-state index is 11.9. The Bertz CT molecular complexity index is 404. The minimum atomic E-state index is -0.563. The van der Waals surface area contributed by atoms with E-state index in [2.05, 4.69) is 0 Å². The smallest absolute Gasteiger partial charge is 0.311 e. The summed E-state index contributed by atoms with van der Waals surface area (Å²) in [6, 6.07) is 0. The number of esters is 2. The third-order valence-corrected chi connectivity index (χ3v) is 4.95. The molecule has 0 bridgehead atoms. The minimum absolute atomic E-state index is 0.0246. The lowest BCUT2D eigenvalue weighted by Gasteiger charge is -2.45. The molecule has 0 spiro atoms. The average molecular weight is 323 g/mol. The van der Waals surface area contributed by atoms with Crippen molar-refractivity contribution < 1.29 is 19.1 Å². The second-order valence-electron chi connectivity index (χ2n) is 6.56. The van der Waals surface area contributed by atoms with E-state index in [0.29, 0.717) is 11.8 Å². The van der Waals surface area contributed by atoms with Crippen LogP contribution < -0.4 is 0 Å². The van der Waals surface area contributed by atoms with Crippen LogP contribution in [0.25, 0.3) is 0 Å². The van der Waals surface area contributed by atoms with Gasteiger partial charge in [0.05, 0.1) is 11.3 Å². The summed E-state index contributed by atoms with van der Waals surface area (Å²) in [7, 11) is 0. The van der Waals surface area contributed by atoms with Crippen LogP contribution in [0.15, 0.2) is 0 Å². The molecule has 5 atom stereocenters. The van der Waals surface area contributed by atoms with Crippen LogP contribution in [0.3, 0.4) is 0 Å². The number of ether oxygens (including phenoxy) is 2. The molecule has 0 N–H and O–H groups in total. The summed E-state index contributed by atoms with van der Waals surface area (Å²) in [6.07, 6.45) is -0.387. The Balaban J connectivity index is 1.97. The minimum Gasteiger partial charge on any atom is -0.461 e. The molecule has 0 radical (unpaired) electrons. The number of halogens is 2. The van der Waals surface area contributed by atoms with Crippen molar-refractivity contribution in [3.8, 4) is 0 Å². The van der Waals surface area contributed by atoms with E-state index < -0.39 is 5.41 Å². The zero-order chi connectivity index (χ0) is 15.1. The van der Waals surface area contributed by atoms with Gasteiger partial charge in [-0.05, 0) is 32.6 Å². The van der Waals surface area contributed by atoms with Crippen molar-refractivity contribution in [2.45, 2.75) is 26.9 Å². The number of hydrogen-bond donors (Lipinski definition) is 0. The summed E-state index contributed by atoms with van der Waals surface area (Å²) < 4.78 is 10.6. The van der Waals surface area contributed by atoms with Crippen molar-refractivity contribution in [2.75, 3.05) is 18.4 Å². The molecular formula is C14H20Cl2O4. The number of fused-ring (bicyclic) bond motifs is 1. The predicted molar refractivity (Wildman–Crippen MR) is 75.7 cm³/mol. The van der Waals surface area contributed by atoms with Gasteiger partial charge in [0.25, 0.3) is 0 Å². The molecule has 1 aliphatic heterocycles. The van der Waals surface area contributed by atoms with Crippen LogP contribution in [0, 0.1) is 29.1 Å². The molecule has 0 unspecified atom stereocenters. The predicted octanol–water partition coefficient (Wildman–Crippen LogP) is 2.46. The normalized spacial score (nSPS) is 36.0. The van der Waals surface area contributed by atoms with Crippen LogP contribution in [0.5, 0.6) is 0 Å². The van der Waals surface area contributed by atoms with Gasteiger partial charge in [-0.1, -0.05) is 0 Å². The Hall–Kier alpha value is -0.480. The Morgan fingerprint density at radius 2 is 1.85 bits per heavy atom. The molecule has 1 saturated carbocycles. The second-order valence-corrected chi connectivity index (χ2v) is 7.18. The maximum absolute atomic E-state index is 11.9. The standard InChI is InChI=1S/C14H20Cl2O4/c1-14(2,3)13(18)19-6-9-10-7(4-15)8(5-16)11(10)12(17)20-9/h7-11H,4-6H2,1-3H3/t7-,8+,9+,10-,11-/m0/s1. The lowest BCUT2D eigenvalue weighted by atomic mass is 9.57. The van der Waals surface area contributed by atoms with Gasteiger partial charge in [0, 0.05) is 17.7 Å². The molecule has 20 heavy (non-hydrogen) atoms. The Morgan fingerprint density at radius 1 is 1.25 bits per heavy atom. The Kier molecular flexibility index (Phi) is 4.55. The SMILES string of the molecule is CC(C)(C)C(=O)OC[C@H]1OC(=O)[C@H]2[C@H](CCl)[C@H](CCl)[C@H]21. The maximum Gasteiger partial charge on any atom is 0.311 e. The van der Waals surface area contributed by atoms with E-state index in [9.17, 15) is 9.59 Å². The first-order valence-electron chi connectivity index (χ1n) is 6.81. The number of cyclic esters (lactones) is 1. The van der Waals surface area contributed by atoms with Gasteiger partial charge in [-0.3, -0.25) is 9.59 Å². The van der Waals surface area contributed by atoms with E-state index in [-0.39, 0.29) is 48.3 Å². The molecule has 0 amide bonds. The van der Waals surface area contributed by atoms with Gasteiger partial charge in [-0.25, -0.2) is 0 Å². The average Bonchev–Trinajstić information content (AvgIpc) is 2.59. The zero-order valence-electron chi connectivity index (χ0n) is 11.9. The third kappa shape index (κ3) is 2.64. The quantitative estimate of drug-likeness (QED) is 0.589. The van der Waals surface area contributed by atoms with Gasteiger partial charge in [0.2, 0.25) is 0 Å². The van der Waals surface area contributed by atoms with E-state index in [1.807, 2.05) is 0 Å². The monoisotopic (exact) mass is 322 g/mol. The van der Waals surface area contributed by atoms with Crippen LogP contribution >= 0.6 is 23.2 Å². The van der Waals surface area contributed by atoms with Crippen LogP contribution in [0.2, 0.25) is 0 Å². The summed E-state index contributed by atoms with van der Waals surface area (Å²) in [5.41, 5.74) is -0.563. The molecule has 114 valence electrons. The first kappa shape index (κ1) is 15.9. The van der Waals surface area contributed by atoms with Crippen molar-refractivity contribution in [1.82, 2.24) is 0 Å². The van der Waals surface area contributed by atoms with Crippen molar-refractivity contribution in [1.29, 1.82) is 0 Å². The van der Waals surface area contributed by atoms with Crippen molar-refractivity contribution in [3.05, 3.63) is 0 Å². The number of carbonyl (C=O) groups excluding carboxylic acids is 2. The van der Waals surface area contributed by atoms with E-state index >= 15 is 0 Å². The van der Waals surface area contributed by atoms with Crippen LogP contribution in [0.4, 0.5) is 0 Å². The largest absolute Gasteiger partial charge is 0.461 e. The van der Waals surface area contributed by atoms with E-state index in [1.54, 1.807) is 20.8 Å². The number of carbonyl (C=O) groups is 2. The molecule has 0 aromatic carbocycles. The molecule has 1 heterocycles. The molecule has 1 aliphatic carbocycles. The number of rotatable bonds is 4. The molecule has 4 nitrogen and oxygen atoms in total. The molecule has 2 aliphatic rings.